The molecule has 0 saturated carbocycles. The van der Waals surface area contributed by atoms with Crippen molar-refractivity contribution in [2.75, 3.05) is 0 Å². The summed E-state index contributed by atoms with van der Waals surface area (Å²) in [5.41, 5.74) is 0. The monoisotopic (exact) mass is 157 g/mol. The highest BCUT2D eigenvalue weighted by atomic mass is 16.4. The molecule has 0 aromatic carbocycles. The maximum atomic E-state index is 10.3. The van der Waals surface area contributed by atoms with Gasteiger partial charge in [0.15, 0.2) is 0 Å². The number of carboxylic acid groups (broad SMARTS) is 1. The number of carbonyl (C=O) groups is 1. The van der Waals surface area contributed by atoms with Crippen molar-refractivity contribution in [3.63, 3.8) is 0 Å². The van der Waals surface area contributed by atoms with E-state index in [1.807, 2.05) is 0 Å². The predicted octanol–water partition coefficient (Wildman–Crippen LogP) is 0.263. The van der Waals surface area contributed by atoms with E-state index in [9.17, 15) is 4.79 Å². The van der Waals surface area contributed by atoms with Gasteiger partial charge in [0.1, 0.15) is 6.04 Å². The molecule has 3 N–H and O–H groups in total. The first-order chi connectivity index (χ1) is 5.24. The van der Waals surface area contributed by atoms with Gasteiger partial charge in [0, 0.05) is 6.04 Å². The van der Waals surface area contributed by atoms with Crippen molar-refractivity contribution >= 4 is 5.97 Å². The Morgan fingerprint density at radius 2 is 2.36 bits per heavy atom. The molecule has 1 aliphatic rings. The van der Waals surface area contributed by atoms with E-state index in [4.69, 9.17) is 10.2 Å². The summed E-state index contributed by atoms with van der Waals surface area (Å²) in [5, 5.41) is 19.6. The molecule has 0 spiro atoms. The standard InChI is InChI=1S/C7H11NO3/c9-3-1-2-5-4-6(8-5)7(10)11/h1,3,5-6,8-9H,2,4H2,(H,10,11)/t5-,6-/m1/s1. The van der Waals surface area contributed by atoms with Crippen LogP contribution in [0.4, 0.5) is 0 Å². The zero-order chi connectivity index (χ0) is 8.27. The highest BCUT2D eigenvalue weighted by Crippen LogP contribution is 2.14. The van der Waals surface area contributed by atoms with Gasteiger partial charge < -0.3 is 15.5 Å². The Labute approximate surface area is 64.5 Å². The SMILES string of the molecule is O=C(O)[C@H]1C[C@@H](CC=CO)N1. The number of hydrogen-bond acceptors (Lipinski definition) is 3. The van der Waals surface area contributed by atoms with Crippen LogP contribution in [0.2, 0.25) is 0 Å². The summed E-state index contributed by atoms with van der Waals surface area (Å²) >= 11 is 0. The molecule has 4 nitrogen and oxygen atoms in total. The molecule has 62 valence electrons. The van der Waals surface area contributed by atoms with Crippen LogP contribution in [0.1, 0.15) is 12.8 Å². The van der Waals surface area contributed by atoms with E-state index in [0.717, 1.165) is 6.26 Å². The fourth-order valence-corrected chi connectivity index (χ4v) is 1.11. The molecule has 1 saturated heterocycles. The van der Waals surface area contributed by atoms with Crippen molar-refractivity contribution in [3.05, 3.63) is 12.3 Å². The zero-order valence-corrected chi connectivity index (χ0v) is 6.03. The first-order valence-electron chi connectivity index (χ1n) is 3.52. The summed E-state index contributed by atoms with van der Waals surface area (Å²) in [4.78, 5) is 10.3. The normalized spacial score (nSPS) is 30.2. The van der Waals surface area contributed by atoms with Crippen molar-refractivity contribution in [2.24, 2.45) is 0 Å². The summed E-state index contributed by atoms with van der Waals surface area (Å²) in [7, 11) is 0. The molecule has 1 aliphatic heterocycles. The van der Waals surface area contributed by atoms with Crippen molar-refractivity contribution in [1.29, 1.82) is 0 Å². The smallest absolute Gasteiger partial charge is 0.320 e. The highest BCUT2D eigenvalue weighted by molar-refractivity contribution is 5.74. The molecule has 0 unspecified atom stereocenters. The van der Waals surface area contributed by atoms with E-state index in [2.05, 4.69) is 5.32 Å². The third-order valence-corrected chi connectivity index (χ3v) is 1.78. The lowest BCUT2D eigenvalue weighted by Crippen LogP contribution is -2.56. The Kier molecular flexibility index (Phi) is 2.48. The largest absolute Gasteiger partial charge is 0.516 e. The molecule has 2 atom stereocenters. The van der Waals surface area contributed by atoms with Crippen molar-refractivity contribution < 1.29 is 15.0 Å². The quantitative estimate of drug-likeness (QED) is 0.514. The molecular formula is C7H11NO3. The first-order valence-corrected chi connectivity index (χ1v) is 3.52. The van der Waals surface area contributed by atoms with Gasteiger partial charge in [-0.1, -0.05) is 0 Å². The van der Waals surface area contributed by atoms with Crippen molar-refractivity contribution in [3.8, 4) is 0 Å². The molecule has 1 heterocycles. The second kappa shape index (κ2) is 3.39. The van der Waals surface area contributed by atoms with Gasteiger partial charge >= 0.3 is 5.97 Å². The lowest BCUT2D eigenvalue weighted by Gasteiger charge is -2.33. The van der Waals surface area contributed by atoms with Gasteiger partial charge in [-0.3, -0.25) is 4.79 Å². The molecule has 0 radical (unpaired) electrons. The van der Waals surface area contributed by atoms with Gasteiger partial charge in [0.2, 0.25) is 0 Å². The molecule has 11 heavy (non-hydrogen) atoms. The van der Waals surface area contributed by atoms with Gasteiger partial charge in [-0.2, -0.15) is 0 Å². The number of hydrogen-bond donors (Lipinski definition) is 3. The van der Waals surface area contributed by atoms with E-state index in [1.165, 1.54) is 0 Å². The minimum Gasteiger partial charge on any atom is -0.516 e. The minimum atomic E-state index is -0.797. The van der Waals surface area contributed by atoms with E-state index < -0.39 is 5.97 Å². The third kappa shape index (κ3) is 1.94. The predicted molar refractivity (Wildman–Crippen MR) is 39.4 cm³/mol. The van der Waals surface area contributed by atoms with Crippen LogP contribution in [0.3, 0.4) is 0 Å². The van der Waals surface area contributed by atoms with E-state index in [0.29, 0.717) is 12.8 Å². The molecule has 1 fully saturated rings. The van der Waals surface area contributed by atoms with Crippen molar-refractivity contribution in [1.82, 2.24) is 5.32 Å². The zero-order valence-electron chi connectivity index (χ0n) is 6.03. The number of rotatable bonds is 3. The minimum absolute atomic E-state index is 0.222. The summed E-state index contributed by atoms with van der Waals surface area (Å²) in [5.74, 6) is -0.797. The Hall–Kier alpha value is -1.03. The van der Waals surface area contributed by atoms with Crippen LogP contribution in [0.5, 0.6) is 0 Å². The van der Waals surface area contributed by atoms with Crippen LogP contribution in [0, 0.1) is 0 Å². The molecule has 0 aliphatic carbocycles. The lowest BCUT2D eigenvalue weighted by atomic mass is 9.95. The second-order valence-corrected chi connectivity index (χ2v) is 2.61. The first kappa shape index (κ1) is 8.07. The average Bonchev–Trinajstić information content (AvgIpc) is 1.84. The van der Waals surface area contributed by atoms with Crippen LogP contribution in [-0.2, 0) is 4.79 Å². The summed E-state index contributed by atoms with van der Waals surface area (Å²) in [6.07, 6.45) is 3.94. The highest BCUT2D eigenvalue weighted by Gasteiger charge is 2.32. The van der Waals surface area contributed by atoms with Gasteiger partial charge in [-0.25, -0.2) is 0 Å². The number of carboxylic acids is 1. The molecule has 0 aromatic rings. The summed E-state index contributed by atoms with van der Waals surface area (Å²) < 4.78 is 0. The molecule has 0 amide bonds. The van der Waals surface area contributed by atoms with Crippen LogP contribution in [-0.4, -0.2) is 28.3 Å². The maximum absolute atomic E-state index is 10.3. The van der Waals surface area contributed by atoms with E-state index in [-0.39, 0.29) is 12.1 Å². The molecule has 0 bridgehead atoms. The Bertz CT molecular complexity index is 173. The topological polar surface area (TPSA) is 69.6 Å². The molecule has 1 rings (SSSR count). The summed E-state index contributed by atoms with van der Waals surface area (Å²) in [6.45, 7) is 0. The van der Waals surface area contributed by atoms with Gasteiger partial charge in [0.25, 0.3) is 0 Å². The van der Waals surface area contributed by atoms with E-state index >= 15 is 0 Å². The van der Waals surface area contributed by atoms with Crippen LogP contribution in [0.25, 0.3) is 0 Å². The van der Waals surface area contributed by atoms with Crippen LogP contribution < -0.4 is 5.32 Å². The fourth-order valence-electron chi connectivity index (χ4n) is 1.11. The van der Waals surface area contributed by atoms with Gasteiger partial charge in [-0.05, 0) is 18.9 Å². The molecule has 0 aromatic heterocycles. The number of aliphatic hydroxyl groups is 1. The molecule has 4 heteroatoms. The lowest BCUT2D eigenvalue weighted by molar-refractivity contribution is -0.142. The van der Waals surface area contributed by atoms with Gasteiger partial charge in [0.05, 0.1) is 6.26 Å². The Balaban J connectivity index is 2.14. The summed E-state index contributed by atoms with van der Waals surface area (Å²) in [6, 6.07) is -0.161. The second-order valence-electron chi connectivity index (χ2n) is 2.61. The van der Waals surface area contributed by atoms with Gasteiger partial charge in [-0.15, -0.1) is 0 Å². The van der Waals surface area contributed by atoms with Crippen LogP contribution >= 0.6 is 0 Å². The number of aliphatic carboxylic acids is 1. The van der Waals surface area contributed by atoms with Crippen LogP contribution in [0.15, 0.2) is 12.3 Å². The Morgan fingerprint density at radius 3 is 2.82 bits per heavy atom. The number of nitrogens with one attached hydrogen (secondary N) is 1. The van der Waals surface area contributed by atoms with E-state index in [1.54, 1.807) is 6.08 Å². The third-order valence-electron chi connectivity index (χ3n) is 1.78. The average molecular weight is 157 g/mol. The Morgan fingerprint density at radius 1 is 1.73 bits per heavy atom. The van der Waals surface area contributed by atoms with Crippen molar-refractivity contribution in [2.45, 2.75) is 24.9 Å². The number of aliphatic hydroxyl groups excluding tert-OH is 1. The maximum Gasteiger partial charge on any atom is 0.320 e. The fraction of sp³-hybridized carbons (Fsp3) is 0.571. The molecular weight excluding hydrogens is 146 g/mol.